The minimum atomic E-state index is -4.28. The predicted molar refractivity (Wildman–Crippen MR) is 204 cm³/mol. The summed E-state index contributed by atoms with van der Waals surface area (Å²) in [5.74, 6) is 0. The minimum Gasteiger partial charge on any atom is -0.207 e. The first kappa shape index (κ1) is 40.7. The third-order valence-electron chi connectivity index (χ3n) is 9.33. The smallest absolute Gasteiger partial charge is 0.207 e. The molecule has 0 spiro atoms. The number of nitrogens with zero attached hydrogens (tertiary/aromatic N) is 4. The third kappa shape index (κ3) is 9.08. The molecule has 1 aliphatic heterocycles. The molecule has 4 aromatic carbocycles. The van der Waals surface area contributed by atoms with Gasteiger partial charge in [0.25, 0.3) is 0 Å². The van der Waals surface area contributed by atoms with Crippen LogP contribution in [0.5, 0.6) is 0 Å². The van der Waals surface area contributed by atoms with Crippen molar-refractivity contribution in [3.05, 3.63) is 119 Å². The molecule has 0 amide bonds. The van der Waals surface area contributed by atoms with Gasteiger partial charge in [0, 0.05) is 51.9 Å². The average Bonchev–Trinajstić information content (AvgIpc) is 3.10. The zero-order valence-electron chi connectivity index (χ0n) is 30.5. The molecule has 12 nitrogen and oxygen atoms in total. The fourth-order valence-corrected chi connectivity index (χ4v) is 12.0. The maximum Gasteiger partial charge on any atom is 0.243 e. The maximum absolute atomic E-state index is 14.3. The Hall–Kier alpha value is -3.48. The van der Waals surface area contributed by atoms with Crippen molar-refractivity contribution in [1.82, 2.24) is 17.2 Å². The van der Waals surface area contributed by atoms with Crippen LogP contribution in [-0.4, -0.2) is 103 Å². The molecule has 1 aliphatic rings. The van der Waals surface area contributed by atoms with Crippen molar-refractivity contribution in [3.8, 4) is 0 Å². The van der Waals surface area contributed by atoms with E-state index in [-0.39, 0.29) is 65.4 Å². The molecule has 1 saturated heterocycles. The van der Waals surface area contributed by atoms with Crippen molar-refractivity contribution >= 4 is 40.1 Å². The highest BCUT2D eigenvalue weighted by Gasteiger charge is 2.37. The van der Waals surface area contributed by atoms with E-state index < -0.39 is 46.1 Å². The van der Waals surface area contributed by atoms with Crippen molar-refractivity contribution in [2.75, 3.05) is 45.8 Å². The lowest BCUT2D eigenvalue weighted by molar-refractivity contribution is 0.236. The monoisotopic (exact) mass is 802 g/mol. The van der Waals surface area contributed by atoms with Crippen LogP contribution in [-0.2, 0) is 40.1 Å². The van der Waals surface area contributed by atoms with E-state index in [0.717, 1.165) is 39.5 Å². The Bertz CT molecular complexity index is 2330. The summed E-state index contributed by atoms with van der Waals surface area (Å²) in [6, 6.07) is 23.9. The highest BCUT2D eigenvalue weighted by Crippen LogP contribution is 2.26. The highest BCUT2D eigenvalue weighted by molar-refractivity contribution is 7.90. The normalized spacial score (nSPS) is 18.6. The fraction of sp³-hybridized carbons (Fsp3) is 0.351. The summed E-state index contributed by atoms with van der Waals surface area (Å²) >= 11 is 0. The molecule has 1 unspecified atom stereocenters. The number of rotatable bonds is 8. The van der Waals surface area contributed by atoms with E-state index in [1.54, 1.807) is 55.5 Å². The molecular formula is C37H46N4O8S4. The van der Waals surface area contributed by atoms with Gasteiger partial charge in [0.2, 0.25) is 40.1 Å². The number of sulfonamides is 4. The number of hydrogen-bond donors (Lipinski definition) is 0. The van der Waals surface area contributed by atoms with Crippen molar-refractivity contribution < 1.29 is 33.7 Å². The third-order valence-corrected chi connectivity index (χ3v) is 17.1. The van der Waals surface area contributed by atoms with E-state index in [4.69, 9.17) is 0 Å². The molecule has 1 fully saturated rings. The first-order valence-corrected chi connectivity index (χ1v) is 22.9. The van der Waals surface area contributed by atoms with Gasteiger partial charge in [0.05, 0.1) is 19.6 Å². The largest absolute Gasteiger partial charge is 0.243 e. The Labute approximate surface area is 314 Å². The summed E-state index contributed by atoms with van der Waals surface area (Å²) in [7, 11) is -17.1. The van der Waals surface area contributed by atoms with Crippen LogP contribution < -0.4 is 0 Å². The average molecular weight is 803 g/mol. The van der Waals surface area contributed by atoms with E-state index in [0.29, 0.717) is 0 Å². The molecule has 16 heteroatoms. The van der Waals surface area contributed by atoms with E-state index >= 15 is 0 Å². The van der Waals surface area contributed by atoms with Gasteiger partial charge in [0.15, 0.2) is 0 Å². The van der Waals surface area contributed by atoms with Crippen LogP contribution in [0.25, 0.3) is 0 Å². The van der Waals surface area contributed by atoms with Crippen LogP contribution in [0.15, 0.2) is 117 Å². The Morgan fingerprint density at radius 1 is 0.377 bits per heavy atom. The van der Waals surface area contributed by atoms with Crippen molar-refractivity contribution in [2.45, 2.75) is 60.2 Å². The number of hydrogen-bond acceptors (Lipinski definition) is 8. The molecule has 5 rings (SSSR count). The van der Waals surface area contributed by atoms with Crippen LogP contribution in [0.3, 0.4) is 0 Å². The molecule has 1 atom stereocenters. The van der Waals surface area contributed by atoms with Crippen molar-refractivity contribution in [1.29, 1.82) is 0 Å². The van der Waals surface area contributed by atoms with Crippen LogP contribution in [0.1, 0.15) is 29.2 Å². The molecule has 0 aromatic heterocycles. The Balaban J connectivity index is 1.63. The second-order valence-corrected chi connectivity index (χ2v) is 21.1. The molecule has 1 heterocycles. The number of aryl methyl sites for hydroxylation is 4. The standard InChI is InChI=1S/C37H46N4O8S4/c1-29-6-14-34(15-7-29)50(42,43)38-22-23-39(51(44,45)35-16-8-30(2)9-17-35)26-27-41(53(48,49)37-20-12-32(4)13-21-37)33(5)28-40(25-24-38)52(46,47)36-18-10-31(3)11-19-36/h6-21,33H,22-28H2,1-5H3. The van der Waals surface area contributed by atoms with Crippen LogP contribution in [0.2, 0.25) is 0 Å². The Morgan fingerprint density at radius 3 is 0.943 bits per heavy atom. The SMILES string of the molecule is Cc1ccc(S(=O)(=O)N2CCN(S(=O)(=O)c3ccc(C)cc3)CCN(S(=O)(=O)c3ccc(C)cc3)C(C)CN(S(=O)(=O)c3ccc(C)cc3)CC2)cc1. The van der Waals surface area contributed by atoms with Gasteiger partial charge in [0.1, 0.15) is 0 Å². The summed E-state index contributed by atoms with van der Waals surface area (Å²) in [6.45, 7) is 6.47. The zero-order chi connectivity index (χ0) is 38.8. The summed E-state index contributed by atoms with van der Waals surface area (Å²) < 4.78 is 118. The van der Waals surface area contributed by atoms with Crippen LogP contribution in [0.4, 0.5) is 0 Å². The highest BCUT2D eigenvalue weighted by atomic mass is 32.2. The Kier molecular flexibility index (Phi) is 12.4. The molecule has 286 valence electrons. The molecular weight excluding hydrogens is 757 g/mol. The van der Waals surface area contributed by atoms with Gasteiger partial charge < -0.3 is 0 Å². The number of benzene rings is 4. The van der Waals surface area contributed by atoms with Crippen molar-refractivity contribution in [3.63, 3.8) is 0 Å². The molecule has 0 bridgehead atoms. The molecule has 0 aliphatic carbocycles. The molecule has 0 saturated carbocycles. The van der Waals surface area contributed by atoms with Crippen LogP contribution >= 0.6 is 0 Å². The lowest BCUT2D eigenvalue weighted by Crippen LogP contribution is -2.53. The molecule has 53 heavy (non-hydrogen) atoms. The van der Waals surface area contributed by atoms with E-state index in [1.165, 1.54) is 48.5 Å². The van der Waals surface area contributed by atoms with Gasteiger partial charge in [-0.25, -0.2) is 33.7 Å². The van der Waals surface area contributed by atoms with Gasteiger partial charge in [-0.05, 0) is 83.1 Å². The molecule has 0 radical (unpaired) electrons. The van der Waals surface area contributed by atoms with Gasteiger partial charge in [-0.15, -0.1) is 0 Å². The van der Waals surface area contributed by atoms with Crippen LogP contribution in [0, 0.1) is 27.7 Å². The summed E-state index contributed by atoms with van der Waals surface area (Å²) in [6.07, 6.45) is 0. The fourth-order valence-electron chi connectivity index (χ4n) is 6.06. The van der Waals surface area contributed by atoms with Crippen molar-refractivity contribution in [2.24, 2.45) is 0 Å². The lowest BCUT2D eigenvalue weighted by Gasteiger charge is -2.36. The lowest BCUT2D eigenvalue weighted by atomic mass is 10.2. The minimum absolute atomic E-state index is 0.0280. The van der Waals surface area contributed by atoms with Gasteiger partial charge in [-0.1, -0.05) is 70.8 Å². The van der Waals surface area contributed by atoms with Gasteiger partial charge in [-0.3, -0.25) is 0 Å². The molecule has 4 aromatic rings. The van der Waals surface area contributed by atoms with Gasteiger partial charge >= 0.3 is 0 Å². The summed E-state index contributed by atoms with van der Waals surface area (Å²) in [4.78, 5) is -0.115. The van der Waals surface area contributed by atoms with E-state index in [2.05, 4.69) is 0 Å². The summed E-state index contributed by atoms with van der Waals surface area (Å²) in [5.41, 5.74) is 3.34. The quantitative estimate of drug-likeness (QED) is 0.255. The second-order valence-electron chi connectivity index (χ2n) is 13.4. The predicted octanol–water partition coefficient (Wildman–Crippen LogP) is 4.39. The van der Waals surface area contributed by atoms with E-state index in [1.807, 2.05) is 27.7 Å². The Morgan fingerprint density at radius 2 is 0.623 bits per heavy atom. The second kappa shape index (κ2) is 16.1. The topological polar surface area (TPSA) is 150 Å². The summed E-state index contributed by atoms with van der Waals surface area (Å²) in [5, 5.41) is 0. The maximum atomic E-state index is 14.3. The van der Waals surface area contributed by atoms with Gasteiger partial charge in [-0.2, -0.15) is 17.2 Å². The zero-order valence-corrected chi connectivity index (χ0v) is 33.7. The first-order chi connectivity index (χ1) is 24.8. The first-order valence-electron chi connectivity index (χ1n) is 17.1. The van der Waals surface area contributed by atoms with E-state index in [9.17, 15) is 33.7 Å². The molecule has 0 N–H and O–H groups in total.